The topological polar surface area (TPSA) is 59.6 Å². The lowest BCUT2D eigenvalue weighted by atomic mass is 10.2. The van der Waals surface area contributed by atoms with Crippen molar-refractivity contribution in [1.82, 2.24) is 10.6 Å². The molecule has 5 heteroatoms. The lowest BCUT2D eigenvalue weighted by Gasteiger charge is -2.23. The van der Waals surface area contributed by atoms with Crippen LogP contribution in [-0.2, 0) is 14.3 Å². The van der Waals surface area contributed by atoms with E-state index < -0.39 is 0 Å². The van der Waals surface area contributed by atoms with Crippen LogP contribution in [0.4, 0.5) is 0 Å². The van der Waals surface area contributed by atoms with Crippen LogP contribution in [0.1, 0.15) is 6.42 Å². The first kappa shape index (κ1) is 11.4. The van der Waals surface area contributed by atoms with Crippen LogP contribution in [0.5, 0.6) is 0 Å². The normalized spacial score (nSPS) is 21.9. The molecular weight excluding hydrogens is 184 g/mol. The minimum atomic E-state index is 0.0271. The molecule has 1 unspecified atom stereocenters. The van der Waals surface area contributed by atoms with E-state index >= 15 is 0 Å². The van der Waals surface area contributed by atoms with Gasteiger partial charge in [0.15, 0.2) is 0 Å². The van der Waals surface area contributed by atoms with Gasteiger partial charge in [0.25, 0.3) is 0 Å². The molecule has 0 bridgehead atoms. The summed E-state index contributed by atoms with van der Waals surface area (Å²) in [5.41, 5.74) is 0. The molecule has 1 atom stereocenters. The Kier molecular flexibility index (Phi) is 5.51. The summed E-state index contributed by atoms with van der Waals surface area (Å²) in [5, 5.41) is 6.09. The SMILES string of the molecule is COCCC(=O)NCC1COCCN1. The van der Waals surface area contributed by atoms with Crippen LogP contribution in [0.15, 0.2) is 0 Å². The van der Waals surface area contributed by atoms with E-state index in [1.165, 1.54) is 0 Å². The van der Waals surface area contributed by atoms with Gasteiger partial charge in [0.2, 0.25) is 5.91 Å². The third-order valence-corrected chi connectivity index (χ3v) is 2.08. The largest absolute Gasteiger partial charge is 0.384 e. The van der Waals surface area contributed by atoms with Crippen molar-refractivity contribution in [3.05, 3.63) is 0 Å². The summed E-state index contributed by atoms with van der Waals surface area (Å²) in [7, 11) is 1.59. The minimum absolute atomic E-state index is 0.0271. The van der Waals surface area contributed by atoms with Crippen LogP contribution >= 0.6 is 0 Å². The smallest absolute Gasteiger partial charge is 0.222 e. The number of nitrogens with one attached hydrogen (secondary N) is 2. The second-order valence-electron chi connectivity index (χ2n) is 3.27. The summed E-state index contributed by atoms with van der Waals surface area (Å²) < 4.78 is 10.1. The molecule has 0 aromatic carbocycles. The van der Waals surface area contributed by atoms with Gasteiger partial charge in [0, 0.05) is 32.7 Å². The predicted octanol–water partition coefficient (Wildman–Crippen LogP) is -0.872. The van der Waals surface area contributed by atoms with E-state index in [9.17, 15) is 4.79 Å². The van der Waals surface area contributed by atoms with Gasteiger partial charge >= 0.3 is 0 Å². The van der Waals surface area contributed by atoms with E-state index in [2.05, 4.69) is 10.6 Å². The van der Waals surface area contributed by atoms with Gasteiger partial charge in [-0.2, -0.15) is 0 Å². The number of morpholine rings is 1. The molecule has 14 heavy (non-hydrogen) atoms. The molecule has 1 aliphatic rings. The molecule has 1 saturated heterocycles. The molecule has 0 spiro atoms. The van der Waals surface area contributed by atoms with Crippen molar-refractivity contribution in [2.45, 2.75) is 12.5 Å². The number of ether oxygens (including phenoxy) is 2. The first-order chi connectivity index (χ1) is 6.83. The molecule has 0 saturated carbocycles. The first-order valence-corrected chi connectivity index (χ1v) is 4.89. The van der Waals surface area contributed by atoms with Crippen molar-refractivity contribution in [1.29, 1.82) is 0 Å². The van der Waals surface area contributed by atoms with E-state index in [1.807, 2.05) is 0 Å². The van der Waals surface area contributed by atoms with Crippen LogP contribution in [0, 0.1) is 0 Å². The van der Waals surface area contributed by atoms with Gasteiger partial charge in [0.05, 0.1) is 19.8 Å². The summed E-state index contributed by atoms with van der Waals surface area (Å²) in [4.78, 5) is 11.2. The number of hydrogen-bond acceptors (Lipinski definition) is 4. The Balaban J connectivity index is 2.03. The van der Waals surface area contributed by atoms with Crippen molar-refractivity contribution in [3.63, 3.8) is 0 Å². The van der Waals surface area contributed by atoms with Gasteiger partial charge in [-0.1, -0.05) is 0 Å². The number of carbonyl (C=O) groups is 1. The van der Waals surface area contributed by atoms with Crippen LogP contribution < -0.4 is 10.6 Å². The Labute approximate surface area is 84.1 Å². The molecule has 0 aliphatic carbocycles. The van der Waals surface area contributed by atoms with Crippen molar-refractivity contribution < 1.29 is 14.3 Å². The van der Waals surface area contributed by atoms with Gasteiger partial charge in [0.1, 0.15) is 0 Å². The standard InChI is InChI=1S/C9H18N2O3/c1-13-4-2-9(12)11-6-8-7-14-5-3-10-8/h8,10H,2-7H2,1H3,(H,11,12). The molecule has 0 aromatic rings. The maximum absolute atomic E-state index is 11.2. The average molecular weight is 202 g/mol. The number of amides is 1. The molecule has 1 aliphatic heterocycles. The summed E-state index contributed by atoms with van der Waals surface area (Å²) in [6, 6.07) is 0.246. The monoisotopic (exact) mass is 202 g/mol. The molecule has 1 amide bonds. The fraction of sp³-hybridized carbons (Fsp3) is 0.889. The van der Waals surface area contributed by atoms with E-state index in [0.29, 0.717) is 26.2 Å². The van der Waals surface area contributed by atoms with E-state index in [-0.39, 0.29) is 11.9 Å². The van der Waals surface area contributed by atoms with E-state index in [1.54, 1.807) is 7.11 Å². The molecule has 1 heterocycles. The Morgan fingerprint density at radius 1 is 1.71 bits per heavy atom. The molecule has 82 valence electrons. The fourth-order valence-electron chi connectivity index (χ4n) is 1.27. The zero-order chi connectivity index (χ0) is 10.2. The van der Waals surface area contributed by atoms with Gasteiger partial charge in [-0.15, -0.1) is 0 Å². The van der Waals surface area contributed by atoms with Crippen molar-refractivity contribution >= 4 is 5.91 Å². The Morgan fingerprint density at radius 3 is 3.21 bits per heavy atom. The quantitative estimate of drug-likeness (QED) is 0.608. The van der Waals surface area contributed by atoms with Crippen LogP contribution in [0.2, 0.25) is 0 Å². The van der Waals surface area contributed by atoms with Crippen LogP contribution in [0.3, 0.4) is 0 Å². The molecule has 1 rings (SSSR count). The van der Waals surface area contributed by atoms with Gasteiger partial charge in [-0.25, -0.2) is 0 Å². The van der Waals surface area contributed by atoms with Crippen LogP contribution in [-0.4, -0.2) is 52.0 Å². The number of hydrogen-bond donors (Lipinski definition) is 2. The van der Waals surface area contributed by atoms with E-state index in [0.717, 1.165) is 13.2 Å². The van der Waals surface area contributed by atoms with Crippen molar-refractivity contribution in [3.8, 4) is 0 Å². The maximum atomic E-state index is 11.2. The molecular formula is C9H18N2O3. The third kappa shape index (κ3) is 4.55. The first-order valence-electron chi connectivity index (χ1n) is 4.89. The van der Waals surface area contributed by atoms with Crippen molar-refractivity contribution in [2.75, 3.05) is 40.0 Å². The number of carbonyl (C=O) groups excluding carboxylic acids is 1. The number of methoxy groups -OCH3 is 1. The predicted molar refractivity (Wildman–Crippen MR) is 52.1 cm³/mol. The van der Waals surface area contributed by atoms with Gasteiger partial charge < -0.3 is 20.1 Å². The molecule has 0 radical (unpaired) electrons. The van der Waals surface area contributed by atoms with Crippen LogP contribution in [0.25, 0.3) is 0 Å². The molecule has 0 aromatic heterocycles. The molecule has 5 nitrogen and oxygen atoms in total. The van der Waals surface area contributed by atoms with Gasteiger partial charge in [-0.05, 0) is 0 Å². The minimum Gasteiger partial charge on any atom is -0.384 e. The third-order valence-electron chi connectivity index (χ3n) is 2.08. The Hall–Kier alpha value is -0.650. The zero-order valence-corrected chi connectivity index (χ0v) is 8.54. The highest BCUT2D eigenvalue weighted by Crippen LogP contribution is 1.91. The lowest BCUT2D eigenvalue weighted by molar-refractivity contribution is -0.122. The number of rotatable bonds is 5. The van der Waals surface area contributed by atoms with Crippen molar-refractivity contribution in [2.24, 2.45) is 0 Å². The zero-order valence-electron chi connectivity index (χ0n) is 8.54. The Morgan fingerprint density at radius 2 is 2.57 bits per heavy atom. The highest BCUT2D eigenvalue weighted by atomic mass is 16.5. The fourth-order valence-corrected chi connectivity index (χ4v) is 1.27. The highest BCUT2D eigenvalue weighted by molar-refractivity contribution is 5.75. The summed E-state index contributed by atoms with van der Waals surface area (Å²) >= 11 is 0. The summed E-state index contributed by atoms with van der Waals surface area (Å²) in [6.07, 6.45) is 0.421. The molecule has 2 N–H and O–H groups in total. The Bertz CT molecular complexity index is 169. The highest BCUT2D eigenvalue weighted by Gasteiger charge is 2.13. The maximum Gasteiger partial charge on any atom is 0.222 e. The molecule has 1 fully saturated rings. The second kappa shape index (κ2) is 6.75. The summed E-state index contributed by atoms with van der Waals surface area (Å²) in [5.74, 6) is 0.0271. The van der Waals surface area contributed by atoms with E-state index in [4.69, 9.17) is 9.47 Å². The lowest BCUT2D eigenvalue weighted by Crippen LogP contribution is -2.48. The average Bonchev–Trinajstić information content (AvgIpc) is 2.25. The second-order valence-corrected chi connectivity index (χ2v) is 3.27. The van der Waals surface area contributed by atoms with Gasteiger partial charge in [-0.3, -0.25) is 4.79 Å². The summed E-state index contributed by atoms with van der Waals surface area (Å²) in [6.45, 7) is 3.39.